The number of rotatable bonds is 7. The molecule has 0 unspecified atom stereocenters. The average Bonchev–Trinajstić information content (AvgIpc) is 3.17. The lowest BCUT2D eigenvalue weighted by atomic mass is 10.1. The first-order valence-corrected chi connectivity index (χ1v) is 11.6. The molecule has 0 bridgehead atoms. The molecule has 1 aromatic carbocycles. The van der Waals surface area contributed by atoms with Crippen molar-refractivity contribution in [3.63, 3.8) is 0 Å². The third-order valence-corrected chi connectivity index (χ3v) is 5.19. The molecular weight excluding hydrogens is 509 g/mol. The first-order chi connectivity index (χ1) is 17.1. The minimum atomic E-state index is -4.54. The van der Waals surface area contributed by atoms with E-state index in [2.05, 4.69) is 20.3 Å². The molecule has 0 atom stereocenters. The maximum Gasteiger partial charge on any atom is 0.434 e. The predicted molar refractivity (Wildman–Crippen MR) is 137 cm³/mol. The second-order valence-electron chi connectivity index (χ2n) is 9.47. The van der Waals surface area contributed by atoms with Gasteiger partial charge in [0.05, 0.1) is 0 Å². The minimum Gasteiger partial charge on any atom is -0.457 e. The Balaban J connectivity index is 1.85. The van der Waals surface area contributed by atoms with Crippen LogP contribution in [0.3, 0.4) is 0 Å². The molecule has 37 heavy (non-hydrogen) atoms. The average molecular weight is 537 g/mol. The van der Waals surface area contributed by atoms with Gasteiger partial charge in [0.1, 0.15) is 17.2 Å². The largest absolute Gasteiger partial charge is 0.457 e. The van der Waals surface area contributed by atoms with Crippen molar-refractivity contribution in [2.75, 3.05) is 24.3 Å². The van der Waals surface area contributed by atoms with Crippen molar-refractivity contribution in [1.82, 2.24) is 19.5 Å². The van der Waals surface area contributed by atoms with E-state index in [9.17, 15) is 18.0 Å². The van der Waals surface area contributed by atoms with Crippen LogP contribution < -0.4 is 10.2 Å². The molecule has 2 aromatic heterocycles. The van der Waals surface area contributed by atoms with Crippen molar-refractivity contribution in [3.05, 3.63) is 58.8 Å². The predicted octanol–water partition coefficient (Wildman–Crippen LogP) is 5.58. The van der Waals surface area contributed by atoms with Crippen LogP contribution in [0.15, 0.2) is 36.7 Å². The molecule has 2 heterocycles. The fourth-order valence-corrected chi connectivity index (χ4v) is 3.55. The van der Waals surface area contributed by atoms with Crippen LogP contribution in [-0.4, -0.2) is 45.2 Å². The summed E-state index contributed by atoms with van der Waals surface area (Å²) in [6.45, 7) is 5.63. The molecule has 0 saturated carbocycles. The van der Waals surface area contributed by atoms with Gasteiger partial charge in [0.15, 0.2) is 5.69 Å². The molecule has 0 radical (unpaired) electrons. The van der Waals surface area contributed by atoms with Crippen molar-refractivity contribution < 1.29 is 22.7 Å². The number of imidazole rings is 1. The number of aromatic nitrogens is 4. The number of halogens is 4. The Hall–Kier alpha value is -3.60. The molecule has 1 N–H and O–H groups in total. The van der Waals surface area contributed by atoms with Crippen molar-refractivity contribution in [3.8, 4) is 11.4 Å². The number of hydrogen-bond donors (Lipinski definition) is 1. The van der Waals surface area contributed by atoms with Crippen LogP contribution in [0.4, 0.5) is 24.7 Å². The van der Waals surface area contributed by atoms with Gasteiger partial charge in [-0.1, -0.05) is 6.07 Å². The van der Waals surface area contributed by atoms with Crippen LogP contribution in [0.25, 0.3) is 17.5 Å². The molecule has 198 valence electrons. The van der Waals surface area contributed by atoms with E-state index in [0.717, 1.165) is 11.8 Å². The number of benzene rings is 1. The molecule has 12 heteroatoms. The van der Waals surface area contributed by atoms with E-state index in [1.165, 1.54) is 30.0 Å². The summed E-state index contributed by atoms with van der Waals surface area (Å²) in [6.07, 6.45) is 0.721. The smallest absolute Gasteiger partial charge is 0.434 e. The summed E-state index contributed by atoms with van der Waals surface area (Å²) in [7, 11) is 5.12. The van der Waals surface area contributed by atoms with E-state index in [0.29, 0.717) is 29.2 Å². The summed E-state index contributed by atoms with van der Waals surface area (Å²) < 4.78 is 46.1. The van der Waals surface area contributed by atoms with Crippen molar-refractivity contribution in [2.45, 2.75) is 39.1 Å². The van der Waals surface area contributed by atoms with Gasteiger partial charge in [0.25, 0.3) is 0 Å². The zero-order valence-corrected chi connectivity index (χ0v) is 22.1. The topological polar surface area (TPSA) is 85.2 Å². The van der Waals surface area contributed by atoms with Gasteiger partial charge in [-0.15, -0.1) is 0 Å². The van der Waals surface area contributed by atoms with Crippen LogP contribution in [-0.2, 0) is 29.3 Å². The Morgan fingerprint density at radius 2 is 1.92 bits per heavy atom. The Morgan fingerprint density at radius 3 is 2.51 bits per heavy atom. The number of carbonyl (C=O) groups is 1. The van der Waals surface area contributed by atoms with Gasteiger partial charge in [-0.3, -0.25) is 0 Å². The number of hydrogen-bond acceptors (Lipinski definition) is 7. The molecule has 8 nitrogen and oxygen atoms in total. The van der Waals surface area contributed by atoms with Gasteiger partial charge in [-0.2, -0.15) is 13.2 Å². The number of anilines is 2. The zero-order chi connectivity index (χ0) is 27.5. The SMILES string of the molecule is CN(C)c1cc(CNc2nc(Cl)ncc2/C=C/C(=O)OC(C)(C)C)ccc1-c1nc(C(F)(F)F)cn1C. The van der Waals surface area contributed by atoms with E-state index in [1.807, 2.05) is 6.07 Å². The maximum atomic E-state index is 13.2. The highest BCUT2D eigenvalue weighted by Gasteiger charge is 2.34. The van der Waals surface area contributed by atoms with E-state index < -0.39 is 23.4 Å². The van der Waals surface area contributed by atoms with Gasteiger partial charge >= 0.3 is 12.1 Å². The highest BCUT2D eigenvalue weighted by molar-refractivity contribution is 6.28. The Kier molecular flexibility index (Phi) is 8.16. The van der Waals surface area contributed by atoms with Crippen LogP contribution in [0.1, 0.15) is 37.6 Å². The standard InChI is InChI=1S/C25H28ClF3N6O2/c1-24(2,3)37-20(36)10-8-16-13-31-23(26)33-21(16)30-12-15-7-9-17(18(11-15)34(4)5)22-32-19(14-35(22)6)25(27,28)29/h7-11,13-14H,12H2,1-6H3,(H,30,31,33)/b10-8+. The molecule has 0 amide bonds. The molecule has 0 aliphatic rings. The van der Waals surface area contributed by atoms with E-state index >= 15 is 0 Å². The van der Waals surface area contributed by atoms with Crippen LogP contribution in [0, 0.1) is 0 Å². The number of ether oxygens (including phenoxy) is 1. The molecule has 3 aromatic rings. The number of nitrogens with zero attached hydrogens (tertiary/aromatic N) is 5. The first kappa shape index (κ1) is 28.0. The fraction of sp³-hybridized carbons (Fsp3) is 0.360. The molecule has 0 fully saturated rings. The van der Waals surface area contributed by atoms with Gasteiger partial charge in [0.2, 0.25) is 5.28 Å². The Morgan fingerprint density at radius 1 is 1.22 bits per heavy atom. The van der Waals surface area contributed by atoms with Crippen molar-refractivity contribution in [1.29, 1.82) is 0 Å². The Labute approximate surface area is 218 Å². The molecule has 0 spiro atoms. The summed E-state index contributed by atoms with van der Waals surface area (Å²) in [5, 5.41) is 3.20. The number of aryl methyl sites for hydroxylation is 1. The van der Waals surface area contributed by atoms with Crippen LogP contribution >= 0.6 is 11.6 Å². The highest BCUT2D eigenvalue weighted by atomic mass is 35.5. The second-order valence-corrected chi connectivity index (χ2v) is 9.81. The van der Waals surface area contributed by atoms with E-state index in [-0.39, 0.29) is 11.1 Å². The third kappa shape index (κ3) is 7.45. The van der Waals surface area contributed by atoms with Crippen molar-refractivity contribution >= 4 is 35.2 Å². The molecule has 3 rings (SSSR count). The monoisotopic (exact) mass is 536 g/mol. The van der Waals surface area contributed by atoms with Gasteiger partial charge in [-0.25, -0.2) is 19.7 Å². The normalized spacial score (nSPS) is 12.2. The summed E-state index contributed by atoms with van der Waals surface area (Å²) in [4.78, 5) is 25.8. The highest BCUT2D eigenvalue weighted by Crippen LogP contribution is 2.34. The number of carbonyl (C=O) groups excluding carboxylic acids is 1. The summed E-state index contributed by atoms with van der Waals surface area (Å²) in [6, 6.07) is 5.37. The quantitative estimate of drug-likeness (QED) is 0.239. The van der Waals surface area contributed by atoms with Crippen LogP contribution in [0.2, 0.25) is 5.28 Å². The Bertz CT molecular complexity index is 1310. The van der Waals surface area contributed by atoms with Crippen molar-refractivity contribution in [2.24, 2.45) is 7.05 Å². The lowest BCUT2D eigenvalue weighted by molar-refractivity contribution is -0.148. The molecule has 0 aliphatic carbocycles. The van der Waals surface area contributed by atoms with Gasteiger partial charge < -0.3 is 19.5 Å². The number of alkyl halides is 3. The molecule has 0 saturated heterocycles. The summed E-state index contributed by atoms with van der Waals surface area (Å²) in [5.41, 5.74) is 1.01. The minimum absolute atomic E-state index is 0.0245. The maximum absolute atomic E-state index is 13.2. The molecular formula is C25H28ClF3N6O2. The number of esters is 1. The van der Waals surface area contributed by atoms with E-state index in [4.69, 9.17) is 16.3 Å². The molecule has 0 aliphatic heterocycles. The first-order valence-electron chi connectivity index (χ1n) is 11.2. The van der Waals surface area contributed by atoms with E-state index in [1.54, 1.807) is 51.9 Å². The van der Waals surface area contributed by atoms with Gasteiger partial charge in [0, 0.05) is 63.0 Å². The van der Waals surface area contributed by atoms with Gasteiger partial charge in [-0.05, 0) is 56.1 Å². The third-order valence-electron chi connectivity index (χ3n) is 5.01. The summed E-state index contributed by atoms with van der Waals surface area (Å²) in [5.74, 6) is 0.0875. The zero-order valence-electron chi connectivity index (χ0n) is 21.3. The second kappa shape index (κ2) is 10.8. The lowest BCUT2D eigenvalue weighted by Crippen LogP contribution is -2.22. The van der Waals surface area contributed by atoms with Crippen LogP contribution in [0.5, 0.6) is 0 Å². The lowest BCUT2D eigenvalue weighted by Gasteiger charge is -2.19. The number of nitrogens with one attached hydrogen (secondary N) is 1. The fourth-order valence-electron chi connectivity index (χ4n) is 3.41. The summed E-state index contributed by atoms with van der Waals surface area (Å²) >= 11 is 5.98.